The molecule has 8 nitrogen and oxygen atoms in total. The average molecular weight is 570 g/mol. The first-order valence-electron chi connectivity index (χ1n) is 12.7. The van der Waals surface area contributed by atoms with E-state index in [1.54, 1.807) is 0 Å². The first-order valence-corrected chi connectivity index (χ1v) is 12.7. The van der Waals surface area contributed by atoms with Crippen molar-refractivity contribution in [2.45, 2.75) is 88.8 Å². The fourth-order valence-corrected chi connectivity index (χ4v) is 5.48. The normalized spacial score (nSPS) is 23.8. The van der Waals surface area contributed by atoms with E-state index in [2.05, 4.69) is 33.8 Å². The van der Waals surface area contributed by atoms with E-state index in [0.717, 1.165) is 31.7 Å². The molecule has 1 aliphatic carbocycles. The van der Waals surface area contributed by atoms with E-state index in [9.17, 15) is 31.1 Å². The predicted octanol–water partition coefficient (Wildman–Crippen LogP) is 4.88. The maximum absolute atomic E-state index is 12.8. The van der Waals surface area contributed by atoms with Crippen LogP contribution in [-0.2, 0) is 20.9 Å². The predicted molar refractivity (Wildman–Crippen MR) is 126 cm³/mol. The molecule has 1 aromatic heterocycles. The highest BCUT2D eigenvalue weighted by atomic mass is 19.4. The van der Waals surface area contributed by atoms with Crippen LogP contribution < -0.4 is 0 Å². The lowest BCUT2D eigenvalue weighted by Gasteiger charge is -2.53. The van der Waals surface area contributed by atoms with Gasteiger partial charge in [-0.05, 0) is 68.7 Å². The van der Waals surface area contributed by atoms with E-state index in [4.69, 9.17) is 19.8 Å². The summed E-state index contributed by atoms with van der Waals surface area (Å²) < 4.78 is 63.5. The zero-order valence-corrected chi connectivity index (χ0v) is 21.5. The Labute approximate surface area is 222 Å². The Morgan fingerprint density at radius 1 is 1.00 bits per heavy atom. The fraction of sp³-hybridized carbons (Fsp3) is 0.680. The Kier molecular flexibility index (Phi) is 11.1. The summed E-state index contributed by atoms with van der Waals surface area (Å²) in [4.78, 5) is 39.7. The second-order valence-corrected chi connectivity index (χ2v) is 9.86. The van der Waals surface area contributed by atoms with Crippen molar-refractivity contribution in [1.82, 2.24) is 14.8 Å². The van der Waals surface area contributed by atoms with Crippen LogP contribution in [0.5, 0.6) is 0 Å². The lowest BCUT2D eigenvalue weighted by atomic mass is 9.76. The van der Waals surface area contributed by atoms with Crippen LogP contribution in [0.1, 0.15) is 63.9 Å². The number of amides is 1. The second-order valence-electron chi connectivity index (χ2n) is 9.86. The molecule has 1 saturated carbocycles. The zero-order chi connectivity index (χ0) is 29.4. The van der Waals surface area contributed by atoms with Gasteiger partial charge in [0.05, 0.1) is 5.54 Å². The van der Waals surface area contributed by atoms with Crippen LogP contribution in [0.2, 0.25) is 0 Å². The van der Waals surface area contributed by atoms with Crippen molar-refractivity contribution in [3.05, 3.63) is 30.1 Å². The molecule has 4 rings (SSSR count). The van der Waals surface area contributed by atoms with Crippen LogP contribution in [0.15, 0.2) is 24.5 Å². The SMILES string of the molecule is CC[C@H]1N(CC2CCC2)CCC[C@]12CCC(=O)N2Cc1ccncc1.O=C(O)C(F)(F)F.O=C(O)C(F)(F)F. The Bertz CT molecular complexity index is 947. The number of likely N-dealkylation sites (tertiary alicyclic amines) is 2. The summed E-state index contributed by atoms with van der Waals surface area (Å²) in [5.74, 6) is -4.27. The lowest BCUT2D eigenvalue weighted by molar-refractivity contribution is -0.193. The molecular weight excluding hydrogens is 536 g/mol. The van der Waals surface area contributed by atoms with Crippen LogP contribution in [0, 0.1) is 5.92 Å². The molecular formula is C25H33F6N3O5. The number of hydrogen-bond donors (Lipinski definition) is 2. The van der Waals surface area contributed by atoms with Gasteiger partial charge in [0.1, 0.15) is 0 Å². The van der Waals surface area contributed by atoms with E-state index in [0.29, 0.717) is 11.9 Å². The summed E-state index contributed by atoms with van der Waals surface area (Å²) in [6, 6.07) is 4.62. The minimum Gasteiger partial charge on any atom is -0.475 e. The Morgan fingerprint density at radius 2 is 1.54 bits per heavy atom. The molecule has 0 radical (unpaired) electrons. The first kappa shape index (κ1) is 32.3. The number of rotatable bonds is 5. The molecule has 0 aromatic carbocycles. The second kappa shape index (κ2) is 13.4. The van der Waals surface area contributed by atoms with Gasteiger partial charge in [-0.3, -0.25) is 14.7 Å². The van der Waals surface area contributed by atoms with Gasteiger partial charge in [0.25, 0.3) is 0 Å². The molecule has 39 heavy (non-hydrogen) atoms. The van der Waals surface area contributed by atoms with Gasteiger partial charge in [-0.15, -0.1) is 0 Å². The van der Waals surface area contributed by atoms with Crippen molar-refractivity contribution in [1.29, 1.82) is 0 Å². The molecule has 3 heterocycles. The molecule has 3 aliphatic rings. The number of carboxylic acids is 2. The molecule has 0 unspecified atom stereocenters. The highest BCUT2D eigenvalue weighted by molar-refractivity contribution is 5.80. The third-order valence-electron chi connectivity index (χ3n) is 7.41. The van der Waals surface area contributed by atoms with Crippen LogP contribution in [0.3, 0.4) is 0 Å². The van der Waals surface area contributed by atoms with Gasteiger partial charge in [0, 0.05) is 37.9 Å². The maximum Gasteiger partial charge on any atom is 0.490 e. The summed E-state index contributed by atoms with van der Waals surface area (Å²) in [7, 11) is 0. The van der Waals surface area contributed by atoms with Gasteiger partial charge < -0.3 is 15.1 Å². The standard InChI is InChI=1S/C21H31N3O.2C2HF3O2/c1-2-19-21(10-4-14-23(19)15-17-5-3-6-17)11-7-20(25)24(21)16-18-8-12-22-13-9-18;2*3-2(4,5)1(6)7/h8-9,12-13,17,19H,2-7,10-11,14-16H2,1H3;2*(H,6,7)/t19-,21+;;/m1../s1. The third-order valence-corrected chi connectivity index (χ3v) is 7.41. The minimum absolute atomic E-state index is 0.0527. The summed E-state index contributed by atoms with van der Waals surface area (Å²) in [5, 5.41) is 14.2. The minimum atomic E-state index is -5.08. The molecule has 2 saturated heterocycles. The fourth-order valence-electron chi connectivity index (χ4n) is 5.48. The number of piperidine rings is 1. The summed E-state index contributed by atoms with van der Waals surface area (Å²) in [6.45, 7) is 5.53. The van der Waals surface area contributed by atoms with Crippen LogP contribution in [-0.4, -0.2) is 79.9 Å². The molecule has 1 spiro atoms. The van der Waals surface area contributed by atoms with Gasteiger partial charge in [-0.25, -0.2) is 9.59 Å². The van der Waals surface area contributed by atoms with Crippen LogP contribution in [0.25, 0.3) is 0 Å². The maximum atomic E-state index is 12.8. The number of carbonyl (C=O) groups is 3. The lowest BCUT2D eigenvalue weighted by Crippen LogP contribution is -2.63. The number of carbonyl (C=O) groups excluding carboxylic acids is 1. The van der Waals surface area contributed by atoms with Crippen LogP contribution >= 0.6 is 0 Å². The van der Waals surface area contributed by atoms with E-state index in [1.807, 2.05) is 12.4 Å². The Hall–Kier alpha value is -2.90. The molecule has 3 fully saturated rings. The van der Waals surface area contributed by atoms with Crippen molar-refractivity contribution in [2.24, 2.45) is 5.92 Å². The zero-order valence-electron chi connectivity index (χ0n) is 21.5. The van der Waals surface area contributed by atoms with Crippen molar-refractivity contribution < 1.29 is 50.9 Å². The molecule has 220 valence electrons. The van der Waals surface area contributed by atoms with Crippen molar-refractivity contribution >= 4 is 17.8 Å². The number of aromatic nitrogens is 1. The number of hydrogen-bond acceptors (Lipinski definition) is 5. The van der Waals surface area contributed by atoms with Gasteiger partial charge in [-0.2, -0.15) is 26.3 Å². The highest BCUT2D eigenvalue weighted by Crippen LogP contribution is 2.45. The topological polar surface area (TPSA) is 111 Å². The number of aliphatic carboxylic acids is 2. The smallest absolute Gasteiger partial charge is 0.475 e. The molecule has 0 bridgehead atoms. The number of carboxylic acid groups (broad SMARTS) is 2. The third kappa shape index (κ3) is 8.80. The average Bonchev–Trinajstić information content (AvgIpc) is 3.12. The molecule has 1 aromatic rings. The van der Waals surface area contributed by atoms with Gasteiger partial charge in [-0.1, -0.05) is 13.3 Å². The molecule has 14 heteroatoms. The summed E-state index contributed by atoms with van der Waals surface area (Å²) >= 11 is 0. The molecule has 2 aliphatic heterocycles. The van der Waals surface area contributed by atoms with Gasteiger partial charge >= 0.3 is 24.3 Å². The summed E-state index contributed by atoms with van der Waals surface area (Å²) in [6.07, 6.45) is 3.02. The molecule has 2 atom stereocenters. The number of pyridine rings is 1. The number of nitrogens with zero attached hydrogens (tertiary/aromatic N) is 3. The van der Waals surface area contributed by atoms with Gasteiger partial charge in [0.2, 0.25) is 5.91 Å². The number of alkyl halides is 6. The highest BCUT2D eigenvalue weighted by Gasteiger charge is 2.53. The van der Waals surface area contributed by atoms with Crippen molar-refractivity contribution in [2.75, 3.05) is 13.1 Å². The summed E-state index contributed by atoms with van der Waals surface area (Å²) in [5.41, 5.74) is 1.26. The quantitative estimate of drug-likeness (QED) is 0.486. The Balaban J connectivity index is 0.000000317. The van der Waals surface area contributed by atoms with Crippen LogP contribution in [0.4, 0.5) is 26.3 Å². The molecule has 1 amide bonds. The van der Waals surface area contributed by atoms with Crippen molar-refractivity contribution in [3.63, 3.8) is 0 Å². The van der Waals surface area contributed by atoms with E-state index in [-0.39, 0.29) is 5.54 Å². The monoisotopic (exact) mass is 569 g/mol. The van der Waals surface area contributed by atoms with E-state index >= 15 is 0 Å². The number of halogens is 6. The Morgan fingerprint density at radius 3 is 1.97 bits per heavy atom. The first-order chi connectivity index (χ1) is 18.1. The van der Waals surface area contributed by atoms with E-state index in [1.165, 1.54) is 50.8 Å². The largest absolute Gasteiger partial charge is 0.490 e. The van der Waals surface area contributed by atoms with E-state index < -0.39 is 24.3 Å². The van der Waals surface area contributed by atoms with Crippen molar-refractivity contribution in [3.8, 4) is 0 Å². The molecule has 2 N–H and O–H groups in total. The van der Waals surface area contributed by atoms with Gasteiger partial charge in [0.15, 0.2) is 0 Å².